The van der Waals surface area contributed by atoms with E-state index in [1.807, 2.05) is 39.0 Å². The third kappa shape index (κ3) is 12.6. The second-order valence-electron chi connectivity index (χ2n) is 11.8. The van der Waals surface area contributed by atoms with Crippen molar-refractivity contribution in [3.63, 3.8) is 0 Å². The summed E-state index contributed by atoms with van der Waals surface area (Å²) < 4.78 is 37.8. The fraction of sp³-hybridized carbons (Fsp3) is 0.375. The highest BCUT2D eigenvalue weighted by molar-refractivity contribution is 7.95. The highest BCUT2D eigenvalue weighted by Crippen LogP contribution is 2.43. The van der Waals surface area contributed by atoms with Gasteiger partial charge in [0.1, 0.15) is 23.1 Å². The average molecular weight is 726 g/mol. The second-order valence-corrected chi connectivity index (χ2v) is 12.5. The number of anilines is 1. The van der Waals surface area contributed by atoms with Crippen molar-refractivity contribution in [1.29, 1.82) is 0 Å². The Morgan fingerprint density at radius 3 is 2.31 bits per heavy atom. The van der Waals surface area contributed by atoms with Crippen LogP contribution in [0.2, 0.25) is 0 Å². The largest absolute Gasteiger partial charge is 0.508 e. The van der Waals surface area contributed by atoms with Crippen LogP contribution in [0.15, 0.2) is 103 Å². The smallest absolute Gasteiger partial charge is 0.230 e. The molecule has 0 bridgehead atoms. The number of aliphatic hydroxyl groups is 4. The molecule has 2 saturated heterocycles. The third-order valence-corrected chi connectivity index (χ3v) is 8.95. The minimum atomic E-state index is -0.537. The van der Waals surface area contributed by atoms with Crippen molar-refractivity contribution in [2.45, 2.75) is 83.3 Å². The van der Waals surface area contributed by atoms with E-state index < -0.39 is 18.3 Å². The maximum absolute atomic E-state index is 13.5. The number of allylic oxidation sites excluding steroid dienone is 4. The van der Waals surface area contributed by atoms with Gasteiger partial charge in [0.2, 0.25) is 5.91 Å². The number of benzene rings is 3. The molecule has 3 aromatic rings. The summed E-state index contributed by atoms with van der Waals surface area (Å²) in [5, 5.41) is 38.8. The monoisotopic (exact) mass is 725 g/mol. The van der Waals surface area contributed by atoms with E-state index >= 15 is 0 Å². The topological polar surface area (TPSA) is 120 Å². The van der Waals surface area contributed by atoms with Gasteiger partial charge < -0.3 is 34.2 Å². The summed E-state index contributed by atoms with van der Waals surface area (Å²) in [5.41, 5.74) is 3.08. The highest BCUT2D eigenvalue weighted by Gasteiger charge is 2.40. The predicted octanol–water partition coefficient (Wildman–Crippen LogP) is 8.25. The lowest BCUT2D eigenvalue weighted by Gasteiger charge is -2.41. The Bertz CT molecular complexity index is 1580. The number of hydrogen-bond acceptors (Lipinski definition) is 8. The maximum atomic E-state index is 13.5. The Labute approximate surface area is 303 Å². The zero-order chi connectivity index (χ0) is 37.3. The molecule has 5 unspecified atom stereocenters. The minimum absolute atomic E-state index is 0.0641. The number of carbonyl (C=O) groups is 1. The lowest BCUT2D eigenvalue weighted by molar-refractivity contribution is -0.124. The molecule has 51 heavy (non-hydrogen) atoms. The second kappa shape index (κ2) is 21.4. The molecule has 0 aliphatic carbocycles. The zero-order valence-electron chi connectivity index (χ0n) is 29.3. The fourth-order valence-corrected chi connectivity index (χ4v) is 6.21. The van der Waals surface area contributed by atoms with Gasteiger partial charge in [-0.25, -0.2) is 8.78 Å². The zero-order valence-corrected chi connectivity index (χ0v) is 30.1. The molecule has 0 saturated carbocycles. The van der Waals surface area contributed by atoms with Gasteiger partial charge in [-0.3, -0.25) is 4.79 Å². The van der Waals surface area contributed by atoms with Gasteiger partial charge >= 0.3 is 0 Å². The quantitative estimate of drug-likeness (QED) is 0.0602. The number of amides is 1. The summed E-state index contributed by atoms with van der Waals surface area (Å²) in [6.07, 6.45) is 7.04. The number of nitrogens with zero attached hydrogens (tertiary/aromatic N) is 1. The molecule has 2 aliphatic heterocycles. The van der Waals surface area contributed by atoms with Crippen LogP contribution in [-0.2, 0) is 16.0 Å². The maximum Gasteiger partial charge on any atom is 0.230 e. The number of β-lactam (4-membered cyclic amide) rings is 1. The van der Waals surface area contributed by atoms with Gasteiger partial charge in [-0.1, -0.05) is 63.8 Å². The van der Waals surface area contributed by atoms with Gasteiger partial charge in [0.05, 0.1) is 61.3 Å². The Morgan fingerprint density at radius 2 is 1.71 bits per heavy atom. The molecule has 3 aromatic carbocycles. The van der Waals surface area contributed by atoms with E-state index in [9.17, 15) is 34.0 Å². The number of halogens is 2. The van der Waals surface area contributed by atoms with Crippen molar-refractivity contribution in [3.8, 4) is 5.75 Å². The molecule has 5 rings (SSSR count). The Kier molecular flexibility index (Phi) is 17.4. The van der Waals surface area contributed by atoms with Crippen LogP contribution in [0.25, 0.3) is 0 Å². The van der Waals surface area contributed by atoms with Crippen molar-refractivity contribution in [2.24, 2.45) is 0 Å². The van der Waals surface area contributed by atoms with Crippen LogP contribution in [0.4, 0.5) is 14.5 Å². The SMILES string of the molecule is C=C/C=C\C(O)=C/Cc1ccc(C2CC(=O)N2c2ccc(F)cc2)c(OSCC2CC(O)CC(CO)O2)c1.CC.CCC(O)c1ccc(F)cc1. The molecule has 276 valence electrons. The molecule has 4 N–H and O–H groups in total. The molecule has 0 radical (unpaired) electrons. The van der Waals surface area contributed by atoms with Crippen LogP contribution >= 0.6 is 12.0 Å². The van der Waals surface area contributed by atoms with Crippen molar-refractivity contribution in [1.82, 2.24) is 0 Å². The predicted molar refractivity (Wildman–Crippen MR) is 199 cm³/mol. The third-order valence-electron chi connectivity index (χ3n) is 8.14. The van der Waals surface area contributed by atoms with Crippen LogP contribution < -0.4 is 9.08 Å². The van der Waals surface area contributed by atoms with Crippen LogP contribution in [0.1, 0.15) is 75.3 Å². The van der Waals surface area contributed by atoms with Gasteiger partial charge in [0.25, 0.3) is 0 Å². The molecule has 1 amide bonds. The molecule has 2 fully saturated rings. The summed E-state index contributed by atoms with van der Waals surface area (Å²) in [4.78, 5) is 14.2. The number of carbonyl (C=O) groups excluding carboxylic acids is 1. The molecule has 2 aliphatic rings. The lowest BCUT2D eigenvalue weighted by Crippen LogP contribution is -2.46. The Morgan fingerprint density at radius 1 is 1.06 bits per heavy atom. The van der Waals surface area contributed by atoms with Crippen LogP contribution in [0, 0.1) is 11.6 Å². The highest BCUT2D eigenvalue weighted by atomic mass is 32.2. The van der Waals surface area contributed by atoms with Crippen molar-refractivity contribution in [3.05, 3.63) is 132 Å². The molecule has 0 aromatic heterocycles. The molecular formula is C40H49F2NO7S. The standard InChI is InChI=1S/C29H32FNO6S.C9H11FO.C2H6/c1-2-3-4-22(33)11-5-19-6-12-26(27-16-29(35)31(27)21-9-7-20(30)8-10-21)28(13-19)37-38-18-25-15-23(34)14-24(17-32)36-25;1-2-9(11)7-3-5-8(10)6-4-7;1-2/h2-4,6-13,23-25,27,32-34H,1,5,14-18H2;3-6,9,11H,2H2,1H3;1-2H3/b4-3-,22-11+;;. The van der Waals surface area contributed by atoms with E-state index in [4.69, 9.17) is 8.92 Å². The van der Waals surface area contributed by atoms with E-state index in [0.29, 0.717) is 49.3 Å². The van der Waals surface area contributed by atoms with E-state index in [1.165, 1.54) is 36.3 Å². The van der Waals surface area contributed by atoms with Crippen LogP contribution in [-0.4, -0.2) is 57.0 Å². The van der Waals surface area contributed by atoms with Crippen LogP contribution in [0.5, 0.6) is 5.75 Å². The van der Waals surface area contributed by atoms with Gasteiger partial charge in [-0.15, -0.1) is 0 Å². The molecule has 5 atom stereocenters. The van der Waals surface area contributed by atoms with Gasteiger partial charge in [0.15, 0.2) is 0 Å². The molecular weight excluding hydrogens is 677 g/mol. The van der Waals surface area contributed by atoms with Crippen molar-refractivity contribution >= 4 is 23.6 Å². The first-order valence-electron chi connectivity index (χ1n) is 17.2. The number of aliphatic hydroxyl groups excluding tert-OH is 4. The van der Waals surface area contributed by atoms with E-state index in [2.05, 4.69) is 6.58 Å². The first-order chi connectivity index (χ1) is 24.6. The lowest BCUT2D eigenvalue weighted by atomic mass is 9.91. The van der Waals surface area contributed by atoms with E-state index in [-0.39, 0.29) is 42.1 Å². The fourth-order valence-electron chi connectivity index (χ4n) is 5.51. The number of hydrogen-bond donors (Lipinski definition) is 4. The summed E-state index contributed by atoms with van der Waals surface area (Å²) in [6.45, 7) is 9.32. The Balaban J connectivity index is 0.000000457. The van der Waals surface area contributed by atoms with Gasteiger partial charge in [-0.2, -0.15) is 0 Å². The van der Waals surface area contributed by atoms with Gasteiger partial charge in [-0.05, 0) is 78.6 Å². The van der Waals surface area contributed by atoms with Crippen molar-refractivity contribution in [2.75, 3.05) is 17.3 Å². The first kappa shape index (κ1) is 41.4. The minimum Gasteiger partial charge on any atom is -0.508 e. The summed E-state index contributed by atoms with van der Waals surface area (Å²) >= 11 is 1.18. The van der Waals surface area contributed by atoms with E-state index in [1.54, 1.807) is 53.5 Å². The molecule has 11 heteroatoms. The number of rotatable bonds is 13. The van der Waals surface area contributed by atoms with Crippen LogP contribution in [0.3, 0.4) is 0 Å². The summed E-state index contributed by atoms with van der Waals surface area (Å²) in [7, 11) is 0. The molecule has 0 spiro atoms. The van der Waals surface area contributed by atoms with Crippen molar-refractivity contribution < 1.29 is 42.9 Å². The Hall–Kier alpha value is -4.00. The summed E-state index contributed by atoms with van der Waals surface area (Å²) in [6, 6.07) is 17.2. The van der Waals surface area contributed by atoms with Gasteiger partial charge in [0, 0.05) is 24.1 Å². The first-order valence-corrected chi connectivity index (χ1v) is 18.1. The summed E-state index contributed by atoms with van der Waals surface area (Å²) in [5.74, 6) is 0.421. The van der Waals surface area contributed by atoms with E-state index in [0.717, 1.165) is 16.7 Å². The molecule has 8 nitrogen and oxygen atoms in total. The average Bonchev–Trinajstić information content (AvgIpc) is 3.14. The molecule has 2 heterocycles. The number of ether oxygens (including phenoxy) is 1. The normalized spacial score (nSPS) is 20.7.